The van der Waals surface area contributed by atoms with Crippen LogP contribution in [0.2, 0.25) is 0 Å². The van der Waals surface area contributed by atoms with E-state index in [1.807, 2.05) is 0 Å². The van der Waals surface area contributed by atoms with Crippen LogP contribution in [0.3, 0.4) is 0 Å². The fraction of sp³-hybridized carbons (Fsp3) is 0.300. The summed E-state index contributed by atoms with van der Waals surface area (Å²) in [5.41, 5.74) is 0.330. The van der Waals surface area contributed by atoms with Gasteiger partial charge in [-0.3, -0.25) is 9.59 Å². The Balaban J connectivity index is 1.43. The number of rotatable bonds is 6. The number of halogens is 2. The van der Waals surface area contributed by atoms with Crippen LogP contribution >= 0.6 is 0 Å². The molecule has 1 aliphatic rings. The van der Waals surface area contributed by atoms with E-state index >= 15 is 0 Å². The van der Waals surface area contributed by atoms with E-state index in [0.29, 0.717) is 29.7 Å². The van der Waals surface area contributed by atoms with Crippen molar-refractivity contribution in [3.8, 4) is 11.5 Å². The Morgan fingerprint density at radius 1 is 1.04 bits per heavy atom. The molecule has 0 aromatic heterocycles. The van der Waals surface area contributed by atoms with Gasteiger partial charge in [0.25, 0.3) is 5.91 Å². The molecular formula is C20H20F2N2O4. The molecule has 0 bridgehead atoms. The molecular weight excluding hydrogens is 370 g/mol. The number of fused-ring (bicyclic) bond motifs is 1. The predicted octanol–water partition coefficient (Wildman–Crippen LogP) is 3.62. The third-order valence-corrected chi connectivity index (χ3v) is 3.98. The highest BCUT2D eigenvalue weighted by Gasteiger charge is 2.31. The highest BCUT2D eigenvalue weighted by Crippen LogP contribution is 2.40. The van der Waals surface area contributed by atoms with Crippen LogP contribution in [0.5, 0.6) is 11.5 Å². The van der Waals surface area contributed by atoms with Crippen LogP contribution in [-0.2, 0) is 4.79 Å². The van der Waals surface area contributed by atoms with Crippen molar-refractivity contribution >= 4 is 17.5 Å². The van der Waals surface area contributed by atoms with Crippen molar-refractivity contribution in [3.63, 3.8) is 0 Å². The summed E-state index contributed by atoms with van der Waals surface area (Å²) >= 11 is 0. The largest absolute Gasteiger partial charge is 0.449 e. The molecule has 3 rings (SSSR count). The Hall–Kier alpha value is -3.16. The summed E-state index contributed by atoms with van der Waals surface area (Å²) in [5, 5.41) is 5.25. The number of benzene rings is 2. The van der Waals surface area contributed by atoms with Crippen LogP contribution in [0, 0.1) is 11.6 Å². The molecule has 2 aromatic rings. The van der Waals surface area contributed by atoms with E-state index in [9.17, 15) is 18.4 Å². The molecule has 1 aliphatic heterocycles. The SMILES string of the molecule is CC1(C)Oc2ccc(NC(=O)CCCNC(=O)c3ccc(F)cc3F)cc2O1. The maximum atomic E-state index is 13.5. The maximum Gasteiger partial charge on any atom is 0.254 e. The lowest BCUT2D eigenvalue weighted by Crippen LogP contribution is -2.29. The van der Waals surface area contributed by atoms with Crippen LogP contribution in [0.25, 0.3) is 0 Å². The molecule has 0 saturated carbocycles. The standard InChI is InChI=1S/C20H20F2N2O4/c1-20(2)27-16-8-6-13(11-17(16)28-20)24-18(25)4-3-9-23-19(26)14-7-5-12(21)10-15(14)22/h5-8,10-11H,3-4,9H2,1-2H3,(H,23,26)(H,24,25). The molecule has 2 amide bonds. The molecule has 2 N–H and O–H groups in total. The van der Waals surface area contributed by atoms with E-state index < -0.39 is 23.3 Å². The minimum absolute atomic E-state index is 0.159. The van der Waals surface area contributed by atoms with Gasteiger partial charge in [-0.25, -0.2) is 8.78 Å². The molecule has 8 heteroatoms. The predicted molar refractivity (Wildman–Crippen MR) is 98.3 cm³/mol. The summed E-state index contributed by atoms with van der Waals surface area (Å²) in [6.45, 7) is 3.76. The Morgan fingerprint density at radius 2 is 1.79 bits per heavy atom. The molecule has 28 heavy (non-hydrogen) atoms. The van der Waals surface area contributed by atoms with Gasteiger partial charge in [0, 0.05) is 44.6 Å². The number of nitrogens with one attached hydrogen (secondary N) is 2. The van der Waals surface area contributed by atoms with Crippen LogP contribution in [-0.4, -0.2) is 24.1 Å². The van der Waals surface area contributed by atoms with Crippen molar-refractivity contribution in [2.24, 2.45) is 0 Å². The molecule has 0 aliphatic carbocycles. The zero-order valence-corrected chi connectivity index (χ0v) is 15.5. The first-order chi connectivity index (χ1) is 13.2. The van der Waals surface area contributed by atoms with E-state index in [1.165, 1.54) is 0 Å². The minimum atomic E-state index is -0.929. The van der Waals surface area contributed by atoms with Gasteiger partial charge in [-0.1, -0.05) is 0 Å². The average molecular weight is 390 g/mol. The van der Waals surface area contributed by atoms with Gasteiger partial charge in [-0.05, 0) is 30.7 Å². The summed E-state index contributed by atoms with van der Waals surface area (Å²) in [5.74, 6) is -2.15. The highest BCUT2D eigenvalue weighted by molar-refractivity contribution is 5.94. The zero-order chi connectivity index (χ0) is 20.3. The van der Waals surface area contributed by atoms with Crippen molar-refractivity contribution in [2.45, 2.75) is 32.5 Å². The maximum absolute atomic E-state index is 13.5. The van der Waals surface area contributed by atoms with E-state index in [2.05, 4.69) is 10.6 Å². The second-order valence-electron chi connectivity index (χ2n) is 6.80. The molecule has 6 nitrogen and oxygen atoms in total. The number of anilines is 1. The van der Waals surface area contributed by atoms with Gasteiger partial charge < -0.3 is 20.1 Å². The normalized spacial score (nSPS) is 13.9. The molecule has 0 spiro atoms. The highest BCUT2D eigenvalue weighted by atomic mass is 19.1. The first-order valence-corrected chi connectivity index (χ1v) is 8.79. The molecule has 2 aromatic carbocycles. The number of hydrogen-bond acceptors (Lipinski definition) is 4. The number of carbonyl (C=O) groups excluding carboxylic acids is 2. The fourth-order valence-electron chi connectivity index (χ4n) is 2.74. The third-order valence-electron chi connectivity index (χ3n) is 3.98. The van der Waals surface area contributed by atoms with Crippen molar-refractivity contribution in [2.75, 3.05) is 11.9 Å². The molecule has 0 unspecified atom stereocenters. The van der Waals surface area contributed by atoms with Crippen LogP contribution in [0.1, 0.15) is 37.0 Å². The summed E-state index contributed by atoms with van der Waals surface area (Å²) < 4.78 is 37.6. The van der Waals surface area contributed by atoms with E-state index in [0.717, 1.165) is 12.1 Å². The van der Waals surface area contributed by atoms with Gasteiger partial charge in [0.15, 0.2) is 11.5 Å². The Labute approximate surface area is 160 Å². The van der Waals surface area contributed by atoms with Crippen LogP contribution < -0.4 is 20.1 Å². The monoisotopic (exact) mass is 390 g/mol. The lowest BCUT2D eigenvalue weighted by molar-refractivity contribution is -0.116. The number of carbonyl (C=O) groups is 2. The average Bonchev–Trinajstić information content (AvgIpc) is 2.91. The van der Waals surface area contributed by atoms with Crippen molar-refractivity contribution in [3.05, 3.63) is 53.6 Å². The summed E-state index contributed by atoms with van der Waals surface area (Å²) in [6.07, 6.45) is 0.518. The molecule has 0 fully saturated rings. The van der Waals surface area contributed by atoms with Crippen molar-refractivity contribution < 1.29 is 27.8 Å². The number of ether oxygens (including phenoxy) is 2. The first kappa shape index (κ1) is 19.6. The summed E-state index contributed by atoms with van der Waals surface area (Å²) in [6, 6.07) is 7.85. The second-order valence-corrected chi connectivity index (χ2v) is 6.80. The van der Waals surface area contributed by atoms with Crippen LogP contribution in [0.15, 0.2) is 36.4 Å². The van der Waals surface area contributed by atoms with Gasteiger partial charge in [0.2, 0.25) is 11.7 Å². The lowest BCUT2D eigenvalue weighted by atomic mass is 10.2. The molecule has 0 radical (unpaired) electrons. The lowest BCUT2D eigenvalue weighted by Gasteiger charge is -2.16. The number of hydrogen-bond donors (Lipinski definition) is 2. The molecule has 1 heterocycles. The first-order valence-electron chi connectivity index (χ1n) is 8.79. The topological polar surface area (TPSA) is 76.7 Å². The quantitative estimate of drug-likeness (QED) is 0.739. The van der Waals surface area contributed by atoms with Gasteiger partial charge in [0.1, 0.15) is 11.6 Å². The van der Waals surface area contributed by atoms with Gasteiger partial charge in [-0.2, -0.15) is 0 Å². The van der Waals surface area contributed by atoms with Crippen LogP contribution in [0.4, 0.5) is 14.5 Å². The van der Waals surface area contributed by atoms with E-state index in [4.69, 9.17) is 9.47 Å². The summed E-state index contributed by atoms with van der Waals surface area (Å²) in [7, 11) is 0. The second kappa shape index (κ2) is 7.84. The van der Waals surface area contributed by atoms with Crippen molar-refractivity contribution in [1.29, 1.82) is 0 Å². The van der Waals surface area contributed by atoms with Crippen molar-refractivity contribution in [1.82, 2.24) is 5.32 Å². The number of amides is 2. The minimum Gasteiger partial charge on any atom is -0.449 e. The van der Waals surface area contributed by atoms with E-state index in [1.54, 1.807) is 32.0 Å². The third kappa shape index (κ3) is 4.76. The molecule has 0 saturated heterocycles. The Morgan fingerprint density at radius 3 is 2.54 bits per heavy atom. The fourth-order valence-corrected chi connectivity index (χ4v) is 2.74. The Kier molecular flexibility index (Phi) is 5.48. The van der Waals surface area contributed by atoms with Gasteiger partial charge >= 0.3 is 0 Å². The summed E-state index contributed by atoms with van der Waals surface area (Å²) in [4.78, 5) is 23.9. The molecule has 148 valence electrons. The smallest absolute Gasteiger partial charge is 0.254 e. The van der Waals surface area contributed by atoms with Gasteiger partial charge in [0.05, 0.1) is 5.56 Å². The van der Waals surface area contributed by atoms with E-state index in [-0.39, 0.29) is 24.4 Å². The van der Waals surface area contributed by atoms with Gasteiger partial charge in [-0.15, -0.1) is 0 Å². The molecule has 0 atom stereocenters. The Bertz CT molecular complexity index is 915. The zero-order valence-electron chi connectivity index (χ0n) is 15.5.